The molecule has 0 amide bonds. The van der Waals surface area contributed by atoms with Gasteiger partial charge in [-0.3, -0.25) is 0 Å². The van der Waals surface area contributed by atoms with Crippen LogP contribution in [-0.4, -0.2) is 42.4 Å². The van der Waals surface area contributed by atoms with Crippen LogP contribution in [0, 0.1) is 0 Å². The van der Waals surface area contributed by atoms with Crippen molar-refractivity contribution in [3.05, 3.63) is 0 Å². The summed E-state index contributed by atoms with van der Waals surface area (Å²) in [7, 11) is 0. The maximum Gasteiger partial charge on any atom is 2.00 e. The van der Waals surface area contributed by atoms with Crippen LogP contribution in [0.15, 0.2) is 0 Å². The molecule has 3 radical (unpaired) electrons. The third kappa shape index (κ3) is 9.57. The van der Waals surface area contributed by atoms with E-state index in [4.69, 9.17) is 0 Å². The Morgan fingerprint density at radius 3 is 1.25 bits per heavy atom. The molecule has 0 unspecified atom stereocenters. The van der Waals surface area contributed by atoms with Crippen molar-refractivity contribution in [2.75, 3.05) is 0 Å². The molecule has 0 nitrogen and oxygen atoms in total. The molecule has 0 rings (SSSR count). The molecule has 0 spiro atoms. The predicted octanol–water partition coefficient (Wildman–Crippen LogP) is -1.99. The Morgan fingerprint density at radius 2 is 1.25 bits per heavy atom. The van der Waals surface area contributed by atoms with Crippen molar-refractivity contribution in [3.63, 3.8) is 0 Å². The summed E-state index contributed by atoms with van der Waals surface area (Å²) in [4.78, 5) is 0. The molecule has 0 saturated carbocycles. The van der Waals surface area contributed by atoms with Gasteiger partial charge >= 0.3 is 23.1 Å². The largest absolute Gasteiger partial charge is 2.00 e. The summed E-state index contributed by atoms with van der Waals surface area (Å²) in [5, 5.41) is 0. The summed E-state index contributed by atoms with van der Waals surface area (Å²) in [6.07, 6.45) is 0. The topological polar surface area (TPSA) is 0 Å². The second kappa shape index (κ2) is 23.7. The summed E-state index contributed by atoms with van der Waals surface area (Å²) < 4.78 is 0. The van der Waals surface area contributed by atoms with Gasteiger partial charge in [-0.1, -0.05) is 0 Å². The second-order valence-electron chi connectivity index (χ2n) is 0. The monoisotopic (exact) mass is 125 g/mol. The fraction of sp³-hybridized carbons (Fsp3) is 0. The van der Waals surface area contributed by atoms with Gasteiger partial charge in [0.1, 0.15) is 0 Å². The molecule has 0 aliphatic rings. The molecule has 0 aliphatic heterocycles. The number of hydrogen-bond acceptors (Lipinski definition) is 0. The molecular formula is H6BFeMgSi. The molecular weight excluding hydrogens is 119 g/mol. The van der Waals surface area contributed by atoms with E-state index in [0.717, 1.165) is 0 Å². The van der Waals surface area contributed by atoms with Crippen molar-refractivity contribution in [1.82, 2.24) is 0 Å². The molecule has 0 bridgehead atoms. The van der Waals surface area contributed by atoms with Gasteiger partial charge in [-0.25, -0.2) is 0 Å². The number of rotatable bonds is 0. The molecule has 23 valence electrons. The van der Waals surface area contributed by atoms with E-state index < -0.39 is 0 Å². The molecule has 0 fully saturated rings. The van der Waals surface area contributed by atoms with Crippen LogP contribution in [0.4, 0.5) is 0 Å². The van der Waals surface area contributed by atoms with Gasteiger partial charge in [0.05, 0.1) is 0 Å². The fourth-order valence-electron chi connectivity index (χ4n) is 0. The second-order valence-corrected chi connectivity index (χ2v) is 0. The van der Waals surface area contributed by atoms with Gasteiger partial charge in [0.15, 0.2) is 0 Å². The van der Waals surface area contributed by atoms with Gasteiger partial charge in [-0.2, -0.15) is 0 Å². The van der Waals surface area contributed by atoms with Gasteiger partial charge in [0, 0.05) is 25.5 Å². The summed E-state index contributed by atoms with van der Waals surface area (Å²) in [6.45, 7) is 0. The summed E-state index contributed by atoms with van der Waals surface area (Å²) in [6, 6.07) is 0. The van der Waals surface area contributed by atoms with Crippen LogP contribution >= 0.6 is 0 Å². The van der Waals surface area contributed by atoms with Crippen LogP contribution in [0.2, 0.25) is 0 Å². The van der Waals surface area contributed by atoms with Crippen LogP contribution in [0.25, 0.3) is 0 Å². The van der Waals surface area contributed by atoms with Crippen LogP contribution in [-0.2, 0) is 17.1 Å². The summed E-state index contributed by atoms with van der Waals surface area (Å²) >= 11 is 0. The molecule has 0 atom stereocenters. The zero-order valence-electron chi connectivity index (χ0n) is 3.64. The van der Waals surface area contributed by atoms with E-state index in [0.29, 0.717) is 0 Å². The maximum absolute atomic E-state index is 0. The Kier molecular flexibility index (Phi) is 280. The first-order valence-electron chi connectivity index (χ1n) is 0. The molecule has 0 aliphatic carbocycles. The van der Waals surface area contributed by atoms with E-state index >= 15 is 0 Å². The minimum absolute atomic E-state index is 0. The molecule has 4 heteroatoms. The van der Waals surface area contributed by atoms with Gasteiger partial charge in [0.25, 0.3) is 0 Å². The van der Waals surface area contributed by atoms with E-state index in [1.165, 1.54) is 0 Å². The van der Waals surface area contributed by atoms with E-state index in [-0.39, 0.29) is 62.4 Å². The molecule has 4 heavy (non-hydrogen) atoms. The van der Waals surface area contributed by atoms with Gasteiger partial charge in [-0.05, 0) is 11.0 Å². The molecule has 0 saturated heterocycles. The zero-order valence-corrected chi connectivity index (χ0v) is 4.16. The minimum Gasteiger partial charge on any atom is -1.00 e. The smallest absolute Gasteiger partial charge is 1.00 e. The average Bonchev–Trinajstić information content (AvgIpc) is 0. The van der Waals surface area contributed by atoms with Crippen molar-refractivity contribution in [1.29, 1.82) is 0 Å². The van der Waals surface area contributed by atoms with E-state index in [9.17, 15) is 0 Å². The Labute approximate surface area is 62.3 Å². The Bertz CT molecular complexity index is 13.5. The van der Waals surface area contributed by atoms with Crippen LogP contribution in [0.1, 0.15) is 2.85 Å². The van der Waals surface area contributed by atoms with Crippen LogP contribution < -0.4 is 0 Å². The quantitative estimate of drug-likeness (QED) is 0.329. The average molecular weight is 125 g/mol. The van der Waals surface area contributed by atoms with Crippen molar-refractivity contribution >= 4 is 42.4 Å². The molecule has 0 aromatic heterocycles. The van der Waals surface area contributed by atoms with Crippen LogP contribution in [0.3, 0.4) is 0 Å². The van der Waals surface area contributed by atoms with Crippen molar-refractivity contribution < 1.29 is 19.9 Å². The zero-order chi connectivity index (χ0) is 0. The number of hydrogen-bond donors (Lipinski definition) is 0. The SMILES string of the molecule is [B].[Fe].[H-].[H-].[Mg+2].[SiH4]. The molecule has 0 aromatic carbocycles. The van der Waals surface area contributed by atoms with Crippen molar-refractivity contribution in [2.24, 2.45) is 0 Å². The van der Waals surface area contributed by atoms with Crippen LogP contribution in [0.5, 0.6) is 0 Å². The molecule has 0 aromatic rings. The minimum atomic E-state index is 0. The van der Waals surface area contributed by atoms with Gasteiger partial charge < -0.3 is 2.85 Å². The summed E-state index contributed by atoms with van der Waals surface area (Å²) in [5.74, 6) is 0. The Morgan fingerprint density at radius 1 is 1.25 bits per heavy atom. The first kappa shape index (κ1) is 47.3. The molecule has 0 N–H and O–H groups in total. The van der Waals surface area contributed by atoms with E-state index in [2.05, 4.69) is 0 Å². The fourth-order valence-corrected chi connectivity index (χ4v) is 0. The normalized spacial score (nSPS) is 0. The predicted molar refractivity (Wildman–Crippen MR) is 25.1 cm³/mol. The maximum atomic E-state index is 0. The van der Waals surface area contributed by atoms with Gasteiger partial charge in [-0.15, -0.1) is 0 Å². The van der Waals surface area contributed by atoms with Gasteiger partial charge in [0.2, 0.25) is 0 Å². The third-order valence-corrected chi connectivity index (χ3v) is 0. The standard InChI is InChI=1S/B.Fe.Mg.H4Si.2H/h;;;1H4;;/q;;+2;;2*-1. The Balaban J connectivity index is 0. The first-order chi connectivity index (χ1) is 0. The van der Waals surface area contributed by atoms with E-state index in [1.807, 2.05) is 0 Å². The van der Waals surface area contributed by atoms with Crippen molar-refractivity contribution in [2.45, 2.75) is 0 Å². The Hall–Kier alpha value is 1.57. The molecule has 0 heterocycles. The first-order valence-corrected chi connectivity index (χ1v) is 0. The van der Waals surface area contributed by atoms with E-state index in [1.54, 1.807) is 0 Å². The van der Waals surface area contributed by atoms with Crippen molar-refractivity contribution in [3.8, 4) is 0 Å². The third-order valence-electron chi connectivity index (χ3n) is 0. The summed E-state index contributed by atoms with van der Waals surface area (Å²) in [5.41, 5.74) is 0.